The third-order valence-electron chi connectivity index (χ3n) is 4.83. The number of aliphatic hydroxyl groups excluding tert-OH is 1. The topological polar surface area (TPSA) is 44.7 Å². The van der Waals surface area contributed by atoms with Crippen LogP contribution in [0.5, 0.6) is 0 Å². The standard InChI is InChI=1S/C17H25FN2O2/c18-17-9-13(1-2-14(17)11-21)10-19-15-3-6-20(7-4-15)16-5-8-22-12-16/h1-2,9,15-16,19,21H,3-8,10-12H2. The maximum absolute atomic E-state index is 13.6. The second-order valence-corrected chi connectivity index (χ2v) is 6.29. The minimum Gasteiger partial charge on any atom is -0.392 e. The van der Waals surface area contributed by atoms with Gasteiger partial charge in [-0.05, 0) is 30.9 Å². The number of halogens is 1. The van der Waals surface area contributed by atoms with Gasteiger partial charge in [-0.2, -0.15) is 0 Å². The SMILES string of the molecule is OCc1ccc(CNC2CCN(C3CCOC3)CC2)cc1F. The van der Waals surface area contributed by atoms with Crippen molar-refractivity contribution in [2.75, 3.05) is 26.3 Å². The Morgan fingerprint density at radius 1 is 1.27 bits per heavy atom. The van der Waals surface area contributed by atoms with Gasteiger partial charge in [0, 0.05) is 43.9 Å². The number of nitrogens with zero attached hydrogens (tertiary/aromatic N) is 1. The summed E-state index contributed by atoms with van der Waals surface area (Å²) in [7, 11) is 0. The first kappa shape index (κ1) is 15.9. The van der Waals surface area contributed by atoms with Crippen molar-refractivity contribution in [1.29, 1.82) is 0 Å². The van der Waals surface area contributed by atoms with Crippen LogP contribution >= 0.6 is 0 Å². The van der Waals surface area contributed by atoms with Gasteiger partial charge in [0.1, 0.15) is 5.82 Å². The molecule has 1 unspecified atom stereocenters. The van der Waals surface area contributed by atoms with Crippen LogP contribution in [0.1, 0.15) is 30.4 Å². The van der Waals surface area contributed by atoms with Crippen LogP contribution in [-0.2, 0) is 17.9 Å². The number of likely N-dealkylation sites (tertiary alicyclic amines) is 1. The summed E-state index contributed by atoms with van der Waals surface area (Å²) in [5.41, 5.74) is 1.29. The van der Waals surface area contributed by atoms with Crippen LogP contribution in [0.2, 0.25) is 0 Å². The highest BCUT2D eigenvalue weighted by Gasteiger charge is 2.27. The van der Waals surface area contributed by atoms with E-state index in [9.17, 15) is 4.39 Å². The van der Waals surface area contributed by atoms with E-state index in [1.807, 2.05) is 6.07 Å². The maximum Gasteiger partial charge on any atom is 0.129 e. The Hall–Kier alpha value is -1.01. The van der Waals surface area contributed by atoms with Crippen molar-refractivity contribution in [3.63, 3.8) is 0 Å². The van der Waals surface area contributed by atoms with E-state index in [2.05, 4.69) is 10.2 Å². The van der Waals surface area contributed by atoms with Crippen LogP contribution in [-0.4, -0.2) is 48.4 Å². The van der Waals surface area contributed by atoms with Gasteiger partial charge in [-0.3, -0.25) is 4.90 Å². The van der Waals surface area contributed by atoms with Crippen LogP contribution < -0.4 is 5.32 Å². The van der Waals surface area contributed by atoms with Gasteiger partial charge < -0.3 is 15.2 Å². The zero-order chi connectivity index (χ0) is 15.4. The molecule has 1 aromatic carbocycles. The van der Waals surface area contributed by atoms with Gasteiger partial charge in [0.2, 0.25) is 0 Å². The fourth-order valence-electron chi connectivity index (χ4n) is 3.37. The maximum atomic E-state index is 13.6. The van der Waals surface area contributed by atoms with E-state index in [0.29, 0.717) is 24.2 Å². The molecule has 1 atom stereocenters. The summed E-state index contributed by atoms with van der Waals surface area (Å²) in [5, 5.41) is 12.5. The molecule has 122 valence electrons. The molecule has 0 amide bonds. The molecule has 0 bridgehead atoms. The highest BCUT2D eigenvalue weighted by molar-refractivity contribution is 5.23. The van der Waals surface area contributed by atoms with Gasteiger partial charge >= 0.3 is 0 Å². The van der Waals surface area contributed by atoms with Crippen molar-refractivity contribution >= 4 is 0 Å². The van der Waals surface area contributed by atoms with Gasteiger partial charge in [-0.1, -0.05) is 12.1 Å². The van der Waals surface area contributed by atoms with E-state index >= 15 is 0 Å². The van der Waals surface area contributed by atoms with Crippen LogP contribution in [0.3, 0.4) is 0 Å². The summed E-state index contributed by atoms with van der Waals surface area (Å²) in [4.78, 5) is 2.54. The molecule has 1 aromatic rings. The number of benzene rings is 1. The van der Waals surface area contributed by atoms with E-state index in [1.165, 1.54) is 6.07 Å². The molecule has 5 heteroatoms. The summed E-state index contributed by atoms with van der Waals surface area (Å²) >= 11 is 0. The number of rotatable bonds is 5. The first-order valence-corrected chi connectivity index (χ1v) is 8.19. The molecule has 2 aliphatic heterocycles. The van der Waals surface area contributed by atoms with E-state index < -0.39 is 0 Å². The molecule has 0 aromatic heterocycles. The first-order valence-electron chi connectivity index (χ1n) is 8.19. The van der Waals surface area contributed by atoms with E-state index in [0.717, 1.165) is 51.1 Å². The van der Waals surface area contributed by atoms with Crippen LogP contribution in [0, 0.1) is 5.82 Å². The van der Waals surface area contributed by atoms with Crippen molar-refractivity contribution in [3.8, 4) is 0 Å². The number of ether oxygens (including phenoxy) is 1. The Balaban J connectivity index is 1.44. The Morgan fingerprint density at radius 3 is 2.73 bits per heavy atom. The normalized spacial score (nSPS) is 24.0. The molecule has 0 radical (unpaired) electrons. The van der Waals surface area contributed by atoms with E-state index in [1.54, 1.807) is 6.07 Å². The molecule has 2 fully saturated rings. The lowest BCUT2D eigenvalue weighted by Gasteiger charge is -2.35. The molecule has 2 aliphatic rings. The van der Waals surface area contributed by atoms with Crippen LogP contribution in [0.25, 0.3) is 0 Å². The Bertz CT molecular complexity index is 484. The van der Waals surface area contributed by atoms with Crippen molar-refractivity contribution in [1.82, 2.24) is 10.2 Å². The second kappa shape index (κ2) is 7.51. The molecular formula is C17H25FN2O2. The van der Waals surface area contributed by atoms with Crippen molar-refractivity contribution in [3.05, 3.63) is 35.1 Å². The molecule has 2 heterocycles. The molecule has 3 rings (SSSR count). The summed E-state index contributed by atoms with van der Waals surface area (Å²) < 4.78 is 19.1. The van der Waals surface area contributed by atoms with Gasteiger partial charge in [0.05, 0.1) is 13.2 Å². The minimum atomic E-state index is -0.321. The fraction of sp³-hybridized carbons (Fsp3) is 0.647. The van der Waals surface area contributed by atoms with Crippen molar-refractivity contribution in [2.45, 2.75) is 44.5 Å². The minimum absolute atomic E-state index is 0.247. The monoisotopic (exact) mass is 308 g/mol. The average Bonchev–Trinajstić information content (AvgIpc) is 3.08. The lowest BCUT2D eigenvalue weighted by molar-refractivity contribution is 0.117. The summed E-state index contributed by atoms with van der Waals surface area (Å²) in [6, 6.07) is 6.17. The van der Waals surface area contributed by atoms with Gasteiger partial charge in [0.15, 0.2) is 0 Å². The highest BCUT2D eigenvalue weighted by atomic mass is 19.1. The molecule has 0 spiro atoms. The lowest BCUT2D eigenvalue weighted by atomic mass is 10.0. The third-order valence-corrected chi connectivity index (χ3v) is 4.83. The largest absolute Gasteiger partial charge is 0.392 e. The number of nitrogens with one attached hydrogen (secondary N) is 1. The molecule has 2 N–H and O–H groups in total. The van der Waals surface area contributed by atoms with Crippen molar-refractivity contribution < 1.29 is 14.2 Å². The van der Waals surface area contributed by atoms with E-state index in [-0.39, 0.29) is 12.4 Å². The Labute approximate surface area is 131 Å². The van der Waals surface area contributed by atoms with Crippen molar-refractivity contribution in [2.24, 2.45) is 0 Å². The highest BCUT2D eigenvalue weighted by Crippen LogP contribution is 2.19. The molecule has 22 heavy (non-hydrogen) atoms. The second-order valence-electron chi connectivity index (χ2n) is 6.29. The predicted molar refractivity (Wildman–Crippen MR) is 83.0 cm³/mol. The first-order chi connectivity index (χ1) is 10.8. The lowest BCUT2D eigenvalue weighted by Crippen LogP contribution is -2.46. The van der Waals surface area contributed by atoms with Gasteiger partial charge in [0.25, 0.3) is 0 Å². The summed E-state index contributed by atoms with van der Waals surface area (Å²) in [6.45, 7) is 4.45. The fourth-order valence-corrected chi connectivity index (χ4v) is 3.37. The smallest absolute Gasteiger partial charge is 0.129 e. The Kier molecular flexibility index (Phi) is 5.41. The van der Waals surface area contributed by atoms with E-state index in [4.69, 9.17) is 9.84 Å². The third kappa shape index (κ3) is 3.84. The zero-order valence-electron chi connectivity index (χ0n) is 12.9. The van der Waals surface area contributed by atoms with Gasteiger partial charge in [-0.15, -0.1) is 0 Å². The predicted octanol–water partition coefficient (Wildman–Crippen LogP) is 1.66. The molecule has 0 saturated carbocycles. The molecule has 4 nitrogen and oxygen atoms in total. The van der Waals surface area contributed by atoms with Crippen LogP contribution in [0.4, 0.5) is 4.39 Å². The molecule has 2 saturated heterocycles. The number of hydrogen-bond donors (Lipinski definition) is 2. The molecular weight excluding hydrogens is 283 g/mol. The Morgan fingerprint density at radius 2 is 2.09 bits per heavy atom. The average molecular weight is 308 g/mol. The number of piperidine rings is 1. The number of aliphatic hydroxyl groups is 1. The quantitative estimate of drug-likeness (QED) is 0.868. The molecule has 0 aliphatic carbocycles. The van der Waals surface area contributed by atoms with Crippen LogP contribution in [0.15, 0.2) is 18.2 Å². The van der Waals surface area contributed by atoms with Gasteiger partial charge in [-0.25, -0.2) is 4.39 Å². The number of hydrogen-bond acceptors (Lipinski definition) is 4. The summed E-state index contributed by atoms with van der Waals surface area (Å²) in [6.07, 6.45) is 3.43. The zero-order valence-corrected chi connectivity index (χ0v) is 12.9. The summed E-state index contributed by atoms with van der Waals surface area (Å²) in [5.74, 6) is -0.321.